The van der Waals surface area contributed by atoms with Gasteiger partial charge in [0.25, 0.3) is 0 Å². The fraction of sp³-hybridized carbons (Fsp3) is 0.410. The lowest BCUT2D eigenvalue weighted by Crippen LogP contribution is -2.52. The number of hydrogen-bond acceptors (Lipinski definition) is 8. The average molecular weight is 690 g/mol. The lowest BCUT2D eigenvalue weighted by atomic mass is 10.0. The van der Waals surface area contributed by atoms with Gasteiger partial charge in [0.15, 0.2) is 11.8 Å². The number of aromatic amines is 2. The van der Waals surface area contributed by atoms with Gasteiger partial charge >= 0.3 is 6.09 Å². The number of amides is 2. The number of carbonyl (C=O) groups excluding carboxylic acids is 2. The predicted octanol–water partition coefficient (Wildman–Crippen LogP) is 6.35. The number of guanidine groups is 1. The van der Waals surface area contributed by atoms with Crippen molar-refractivity contribution < 1.29 is 14.3 Å². The van der Waals surface area contributed by atoms with E-state index in [-0.39, 0.29) is 24.0 Å². The molecule has 12 nitrogen and oxygen atoms in total. The SMILES string of the molecule is CC(C)[C@H](NC1=NCCN1)C(=O)N1CCC=C1c1ncc(-c2ccc(-c3ccc(-c4cnc([C@@H]5CCCN5C(=O)OC(C)(C)C)[nH]4)cc3)cc2)[nH]1. The van der Waals surface area contributed by atoms with E-state index in [0.29, 0.717) is 31.4 Å². The summed E-state index contributed by atoms with van der Waals surface area (Å²) in [6.07, 6.45) is 7.99. The largest absolute Gasteiger partial charge is 0.444 e. The molecule has 12 heteroatoms. The number of nitrogens with zero attached hydrogens (tertiary/aromatic N) is 5. The Balaban J connectivity index is 1.00. The smallest absolute Gasteiger partial charge is 0.410 e. The van der Waals surface area contributed by atoms with Crippen LogP contribution >= 0.6 is 0 Å². The predicted molar refractivity (Wildman–Crippen MR) is 198 cm³/mol. The molecule has 7 rings (SSSR count). The molecule has 266 valence electrons. The molecule has 4 aromatic rings. The number of ether oxygens (including phenoxy) is 1. The summed E-state index contributed by atoms with van der Waals surface area (Å²) in [6.45, 7) is 12.5. The minimum absolute atomic E-state index is 0.0186. The molecule has 5 heterocycles. The van der Waals surface area contributed by atoms with Crippen LogP contribution in [0.5, 0.6) is 0 Å². The zero-order valence-corrected chi connectivity index (χ0v) is 30.0. The minimum Gasteiger partial charge on any atom is -0.444 e. The molecule has 0 spiro atoms. The molecular weight excluding hydrogens is 642 g/mol. The molecule has 2 atom stereocenters. The van der Waals surface area contributed by atoms with E-state index in [2.05, 4.69) is 90.2 Å². The number of H-pyrrole nitrogens is 2. The van der Waals surface area contributed by atoms with Gasteiger partial charge in [-0.05, 0) is 68.2 Å². The molecule has 3 aliphatic rings. The summed E-state index contributed by atoms with van der Waals surface area (Å²) in [6, 6.07) is 16.2. The first-order valence-corrected chi connectivity index (χ1v) is 17.9. The van der Waals surface area contributed by atoms with Crippen LogP contribution in [0.1, 0.15) is 71.6 Å². The molecule has 2 aromatic carbocycles. The molecule has 51 heavy (non-hydrogen) atoms. The Kier molecular flexibility index (Phi) is 9.41. The Morgan fingerprint density at radius 3 is 2.18 bits per heavy atom. The van der Waals surface area contributed by atoms with E-state index < -0.39 is 11.6 Å². The van der Waals surface area contributed by atoms with Gasteiger partial charge in [0.05, 0.1) is 42.1 Å². The molecule has 0 bridgehead atoms. The maximum absolute atomic E-state index is 13.7. The van der Waals surface area contributed by atoms with Gasteiger partial charge in [-0.2, -0.15) is 0 Å². The van der Waals surface area contributed by atoms with E-state index in [1.165, 1.54) is 0 Å². The normalized spacial score (nSPS) is 18.1. The molecular formula is C39H47N9O3. The topological polar surface area (TPSA) is 144 Å². The van der Waals surface area contributed by atoms with Crippen molar-refractivity contribution in [1.29, 1.82) is 0 Å². The third kappa shape index (κ3) is 7.40. The van der Waals surface area contributed by atoms with Gasteiger partial charge in [-0.25, -0.2) is 14.8 Å². The lowest BCUT2D eigenvalue weighted by molar-refractivity contribution is -0.130. The lowest BCUT2D eigenvalue weighted by Gasteiger charge is -2.28. The van der Waals surface area contributed by atoms with Crippen molar-refractivity contribution in [2.45, 2.75) is 71.6 Å². The standard InChI is InChI=1S/C39H47N9O3/c1-24(2)33(46-37-40-18-19-41-37)36(49)47-20-6-8-31(47)34-42-22-29(44-34)27-14-10-25(11-15-27)26-12-16-28(17-13-26)30-23-43-35(45-30)32-9-7-21-48(32)38(50)51-39(3,4)5/h8,10-17,22-24,32-33H,6-7,9,18-21H2,1-5H3,(H,42,44)(H,43,45)(H2,40,41,46)/t32-,33-/m0/s1. The molecule has 1 fully saturated rings. The van der Waals surface area contributed by atoms with E-state index in [1.807, 2.05) is 51.9 Å². The van der Waals surface area contributed by atoms with Crippen LogP contribution in [0.3, 0.4) is 0 Å². The van der Waals surface area contributed by atoms with E-state index >= 15 is 0 Å². The Bertz CT molecular complexity index is 1930. The highest BCUT2D eigenvalue weighted by molar-refractivity contribution is 5.94. The minimum atomic E-state index is -0.541. The number of aromatic nitrogens is 4. The van der Waals surface area contributed by atoms with Crippen LogP contribution in [-0.2, 0) is 9.53 Å². The van der Waals surface area contributed by atoms with Crippen molar-refractivity contribution in [3.8, 4) is 33.6 Å². The van der Waals surface area contributed by atoms with Crippen LogP contribution in [0.25, 0.3) is 39.3 Å². The quantitative estimate of drug-likeness (QED) is 0.169. The van der Waals surface area contributed by atoms with E-state index in [0.717, 1.165) is 71.0 Å². The fourth-order valence-corrected chi connectivity index (χ4v) is 6.86. The average Bonchev–Trinajstić information content (AvgIpc) is 3.95. The van der Waals surface area contributed by atoms with Gasteiger partial charge < -0.3 is 30.2 Å². The first kappa shape index (κ1) is 34.1. The van der Waals surface area contributed by atoms with Gasteiger partial charge in [0.2, 0.25) is 5.91 Å². The summed E-state index contributed by atoms with van der Waals surface area (Å²) in [5.74, 6) is 2.26. The number of hydrogen-bond donors (Lipinski definition) is 4. The molecule has 0 aliphatic carbocycles. The summed E-state index contributed by atoms with van der Waals surface area (Å²) in [5, 5.41) is 6.53. The van der Waals surface area contributed by atoms with Crippen LogP contribution in [0, 0.1) is 5.92 Å². The Morgan fingerprint density at radius 2 is 1.55 bits per heavy atom. The number of nitrogens with one attached hydrogen (secondary N) is 4. The molecule has 3 aliphatic heterocycles. The summed E-state index contributed by atoms with van der Waals surface area (Å²) >= 11 is 0. The summed E-state index contributed by atoms with van der Waals surface area (Å²) in [5.41, 5.74) is 6.29. The van der Waals surface area contributed by atoms with Crippen LogP contribution < -0.4 is 10.6 Å². The molecule has 0 unspecified atom stereocenters. The van der Waals surface area contributed by atoms with Crippen molar-refractivity contribution >= 4 is 23.7 Å². The van der Waals surface area contributed by atoms with E-state index in [4.69, 9.17) is 4.74 Å². The molecule has 2 amide bonds. The number of carbonyl (C=O) groups is 2. The third-order valence-corrected chi connectivity index (χ3v) is 9.48. The van der Waals surface area contributed by atoms with Gasteiger partial charge in [0, 0.05) is 19.6 Å². The monoisotopic (exact) mass is 689 g/mol. The van der Waals surface area contributed by atoms with Crippen LogP contribution in [0.15, 0.2) is 72.0 Å². The van der Waals surface area contributed by atoms with Gasteiger partial charge in [-0.3, -0.25) is 14.7 Å². The molecule has 0 saturated carbocycles. The van der Waals surface area contributed by atoms with Gasteiger partial charge in [-0.1, -0.05) is 68.5 Å². The Hall–Kier alpha value is -5.39. The van der Waals surface area contributed by atoms with Gasteiger partial charge in [0.1, 0.15) is 17.5 Å². The fourth-order valence-electron chi connectivity index (χ4n) is 6.86. The zero-order valence-electron chi connectivity index (χ0n) is 30.0. The highest BCUT2D eigenvalue weighted by Gasteiger charge is 2.35. The summed E-state index contributed by atoms with van der Waals surface area (Å²) in [4.78, 5) is 50.8. The summed E-state index contributed by atoms with van der Waals surface area (Å²) < 4.78 is 5.64. The molecule has 4 N–H and O–H groups in total. The first-order chi connectivity index (χ1) is 24.5. The molecule has 1 saturated heterocycles. The van der Waals surface area contributed by atoms with E-state index in [1.54, 1.807) is 4.90 Å². The number of likely N-dealkylation sites (tertiary alicyclic amines) is 1. The van der Waals surface area contributed by atoms with Crippen molar-refractivity contribution in [2.24, 2.45) is 10.9 Å². The van der Waals surface area contributed by atoms with Crippen molar-refractivity contribution in [2.75, 3.05) is 26.2 Å². The maximum atomic E-state index is 13.7. The second kappa shape index (κ2) is 14.1. The molecule has 0 radical (unpaired) electrons. The second-order valence-corrected chi connectivity index (χ2v) is 14.7. The maximum Gasteiger partial charge on any atom is 0.410 e. The highest BCUT2D eigenvalue weighted by atomic mass is 16.6. The molecule has 2 aromatic heterocycles. The number of imidazole rings is 2. The Labute approximate surface area is 298 Å². The Morgan fingerprint density at radius 1 is 0.902 bits per heavy atom. The van der Waals surface area contributed by atoms with Crippen molar-refractivity contribution in [1.82, 2.24) is 40.4 Å². The zero-order chi connectivity index (χ0) is 35.7. The highest BCUT2D eigenvalue weighted by Crippen LogP contribution is 2.34. The number of rotatable bonds is 8. The van der Waals surface area contributed by atoms with Crippen LogP contribution in [0.4, 0.5) is 4.79 Å². The van der Waals surface area contributed by atoms with E-state index in [9.17, 15) is 9.59 Å². The number of aliphatic imine (C=N–C) groups is 1. The van der Waals surface area contributed by atoms with Crippen LogP contribution in [0.2, 0.25) is 0 Å². The summed E-state index contributed by atoms with van der Waals surface area (Å²) in [7, 11) is 0. The van der Waals surface area contributed by atoms with Crippen molar-refractivity contribution in [3.05, 3.63) is 78.6 Å². The van der Waals surface area contributed by atoms with Crippen LogP contribution in [-0.4, -0.2) is 85.5 Å². The van der Waals surface area contributed by atoms with Gasteiger partial charge in [-0.15, -0.1) is 0 Å². The second-order valence-electron chi connectivity index (χ2n) is 14.7. The number of benzene rings is 2. The first-order valence-electron chi connectivity index (χ1n) is 17.9. The third-order valence-electron chi connectivity index (χ3n) is 9.48. The van der Waals surface area contributed by atoms with Crippen molar-refractivity contribution in [3.63, 3.8) is 0 Å².